The maximum absolute atomic E-state index is 13.3. The number of ether oxygens (including phenoxy) is 1. The highest BCUT2D eigenvalue weighted by atomic mass is 35.5. The summed E-state index contributed by atoms with van der Waals surface area (Å²) in [5.74, 6) is 0.0974. The molecule has 0 fully saturated rings. The molecule has 0 aliphatic rings. The molecule has 2 rings (SSSR count). The number of halogens is 1. The maximum atomic E-state index is 13.3. The minimum Gasteiger partial charge on any atom is -0.495 e. The van der Waals surface area contributed by atoms with E-state index in [4.69, 9.17) is 16.3 Å². The molecule has 0 spiro atoms. The Morgan fingerprint density at radius 1 is 1.14 bits per heavy atom. The third-order valence-corrected chi connectivity index (χ3v) is 6.43. The van der Waals surface area contributed by atoms with Gasteiger partial charge in [0.25, 0.3) is 10.0 Å². The summed E-state index contributed by atoms with van der Waals surface area (Å²) in [6.07, 6.45) is 0. The third kappa shape index (κ3) is 5.17. The molecule has 1 N–H and O–H groups in total. The van der Waals surface area contributed by atoms with Crippen LogP contribution in [0.2, 0.25) is 5.02 Å². The average Bonchev–Trinajstić information content (AvgIpc) is 2.66. The molecule has 28 heavy (non-hydrogen) atoms. The number of hydrogen-bond donors (Lipinski definition) is 1. The number of rotatable bonds is 8. The first-order chi connectivity index (χ1) is 13.2. The summed E-state index contributed by atoms with van der Waals surface area (Å²) in [5, 5.41) is 3.17. The molecule has 0 aromatic heterocycles. The van der Waals surface area contributed by atoms with E-state index < -0.39 is 22.5 Å². The van der Waals surface area contributed by atoms with E-state index in [1.807, 2.05) is 20.8 Å². The minimum absolute atomic E-state index is 0.0711. The first kappa shape index (κ1) is 22.0. The monoisotopic (exact) mass is 424 g/mol. The summed E-state index contributed by atoms with van der Waals surface area (Å²) >= 11 is 6.10. The fourth-order valence-corrected chi connectivity index (χ4v) is 4.08. The molecule has 6 nitrogen and oxygen atoms in total. The lowest BCUT2D eigenvalue weighted by Gasteiger charge is -2.27. The van der Waals surface area contributed by atoms with Crippen LogP contribution in [0.15, 0.2) is 53.4 Å². The molecule has 0 aliphatic carbocycles. The molecule has 0 saturated heterocycles. The van der Waals surface area contributed by atoms with E-state index in [2.05, 4.69) is 5.32 Å². The van der Waals surface area contributed by atoms with Gasteiger partial charge < -0.3 is 10.1 Å². The van der Waals surface area contributed by atoms with Crippen molar-refractivity contribution in [1.82, 2.24) is 5.32 Å². The van der Waals surface area contributed by atoms with Crippen LogP contribution in [-0.4, -0.2) is 34.0 Å². The van der Waals surface area contributed by atoms with Crippen molar-refractivity contribution in [2.75, 3.05) is 18.0 Å². The summed E-state index contributed by atoms with van der Waals surface area (Å²) in [6.45, 7) is 5.43. The van der Waals surface area contributed by atoms with Crippen molar-refractivity contribution in [3.05, 3.63) is 53.6 Å². The predicted octanol–water partition coefficient (Wildman–Crippen LogP) is 3.70. The lowest BCUT2D eigenvalue weighted by atomic mass is 10.1. The largest absolute Gasteiger partial charge is 0.495 e. The van der Waals surface area contributed by atoms with Gasteiger partial charge in [-0.25, -0.2) is 8.42 Å². The number of benzene rings is 2. The zero-order valence-electron chi connectivity index (χ0n) is 16.3. The molecule has 0 saturated carbocycles. The smallest absolute Gasteiger partial charge is 0.264 e. The highest BCUT2D eigenvalue weighted by molar-refractivity contribution is 7.92. The van der Waals surface area contributed by atoms with Crippen LogP contribution >= 0.6 is 11.6 Å². The van der Waals surface area contributed by atoms with Crippen molar-refractivity contribution < 1.29 is 17.9 Å². The molecular formula is C20H25ClN2O4S. The van der Waals surface area contributed by atoms with E-state index in [0.29, 0.717) is 10.8 Å². The number of amides is 1. The fourth-order valence-electron chi connectivity index (χ4n) is 2.47. The normalized spacial score (nSPS) is 12.5. The Morgan fingerprint density at radius 2 is 1.79 bits per heavy atom. The highest BCUT2D eigenvalue weighted by Crippen LogP contribution is 2.34. The Hall–Kier alpha value is -2.25. The van der Waals surface area contributed by atoms with E-state index in [0.717, 1.165) is 4.31 Å². The van der Waals surface area contributed by atoms with E-state index in [-0.39, 0.29) is 22.5 Å². The lowest BCUT2D eigenvalue weighted by molar-refractivity contribution is -0.120. The van der Waals surface area contributed by atoms with Crippen LogP contribution in [0, 0.1) is 5.92 Å². The number of sulfonamides is 1. The lowest BCUT2D eigenvalue weighted by Crippen LogP contribution is -2.45. The van der Waals surface area contributed by atoms with Gasteiger partial charge in [-0.1, -0.05) is 43.6 Å². The Balaban J connectivity index is 2.51. The second-order valence-corrected chi connectivity index (χ2v) is 9.04. The molecule has 0 aliphatic heterocycles. The number of carbonyl (C=O) groups excluding carboxylic acids is 1. The summed E-state index contributed by atoms with van der Waals surface area (Å²) in [6, 6.07) is 12.5. The van der Waals surface area contributed by atoms with E-state index in [1.54, 1.807) is 30.3 Å². The zero-order chi connectivity index (χ0) is 20.9. The zero-order valence-corrected chi connectivity index (χ0v) is 17.9. The van der Waals surface area contributed by atoms with Gasteiger partial charge in [0, 0.05) is 11.1 Å². The summed E-state index contributed by atoms with van der Waals surface area (Å²) in [4.78, 5) is 12.7. The fraction of sp³-hybridized carbons (Fsp3) is 0.350. The Bertz CT molecular complexity index is 917. The van der Waals surface area contributed by atoms with E-state index >= 15 is 0 Å². The van der Waals surface area contributed by atoms with E-state index in [1.165, 1.54) is 25.3 Å². The van der Waals surface area contributed by atoms with Crippen molar-refractivity contribution in [2.45, 2.75) is 31.7 Å². The maximum Gasteiger partial charge on any atom is 0.264 e. The quantitative estimate of drug-likeness (QED) is 0.700. The molecule has 8 heteroatoms. The number of nitrogens with one attached hydrogen (secondary N) is 1. The topological polar surface area (TPSA) is 75.7 Å². The molecule has 0 radical (unpaired) electrons. The Labute approximate surface area is 171 Å². The first-order valence-corrected chi connectivity index (χ1v) is 10.7. The van der Waals surface area contributed by atoms with Crippen LogP contribution < -0.4 is 14.4 Å². The number of hydrogen-bond acceptors (Lipinski definition) is 4. The van der Waals surface area contributed by atoms with Crippen molar-refractivity contribution in [1.29, 1.82) is 0 Å². The first-order valence-electron chi connectivity index (χ1n) is 8.87. The third-order valence-electron chi connectivity index (χ3n) is 4.42. The second-order valence-electron chi connectivity index (χ2n) is 6.74. The van der Waals surface area contributed by atoms with Gasteiger partial charge in [-0.15, -0.1) is 0 Å². The molecule has 2 aromatic rings. The molecule has 152 valence electrons. The molecule has 1 amide bonds. The highest BCUT2D eigenvalue weighted by Gasteiger charge is 2.30. The molecule has 0 heterocycles. The van der Waals surface area contributed by atoms with Crippen LogP contribution in [0.4, 0.5) is 5.69 Å². The van der Waals surface area contributed by atoms with Crippen LogP contribution in [0.3, 0.4) is 0 Å². The van der Waals surface area contributed by atoms with Gasteiger partial charge in [-0.2, -0.15) is 0 Å². The predicted molar refractivity (Wildman–Crippen MR) is 111 cm³/mol. The Kier molecular flexibility index (Phi) is 7.32. The SMILES string of the molecule is COc1ccc(Cl)cc1N(CC(=O)N[C@@H](C)C(C)C)S(=O)(=O)c1ccccc1. The van der Waals surface area contributed by atoms with Crippen molar-refractivity contribution in [3.63, 3.8) is 0 Å². The number of methoxy groups -OCH3 is 1. The van der Waals surface area contributed by atoms with Gasteiger partial charge in [-0.3, -0.25) is 9.10 Å². The molecule has 0 bridgehead atoms. The molecule has 0 unspecified atom stereocenters. The van der Waals surface area contributed by atoms with Gasteiger partial charge in [0.15, 0.2) is 0 Å². The van der Waals surface area contributed by atoms with Gasteiger partial charge in [0.2, 0.25) is 5.91 Å². The molecule has 1 atom stereocenters. The van der Waals surface area contributed by atoms with E-state index in [9.17, 15) is 13.2 Å². The van der Waals surface area contributed by atoms with Crippen molar-refractivity contribution >= 4 is 33.2 Å². The van der Waals surface area contributed by atoms with Crippen molar-refractivity contribution in [3.8, 4) is 5.75 Å². The Morgan fingerprint density at radius 3 is 2.36 bits per heavy atom. The van der Waals surface area contributed by atoms with Crippen molar-refractivity contribution in [2.24, 2.45) is 5.92 Å². The van der Waals surface area contributed by atoms with Gasteiger partial charge in [-0.05, 0) is 43.2 Å². The summed E-state index contributed by atoms with van der Waals surface area (Å²) < 4.78 is 33.0. The number of anilines is 1. The minimum atomic E-state index is -4.02. The number of carbonyl (C=O) groups is 1. The van der Waals surface area contributed by atoms with Crippen LogP contribution in [0.1, 0.15) is 20.8 Å². The van der Waals surface area contributed by atoms with Crippen LogP contribution in [0.5, 0.6) is 5.75 Å². The van der Waals surface area contributed by atoms with Gasteiger partial charge >= 0.3 is 0 Å². The second kappa shape index (κ2) is 9.30. The summed E-state index contributed by atoms with van der Waals surface area (Å²) in [5.41, 5.74) is 0.200. The van der Waals surface area contributed by atoms with Crippen LogP contribution in [0.25, 0.3) is 0 Å². The molecular weight excluding hydrogens is 400 g/mol. The van der Waals surface area contributed by atoms with Crippen LogP contribution in [-0.2, 0) is 14.8 Å². The van der Waals surface area contributed by atoms with Gasteiger partial charge in [0.05, 0.1) is 17.7 Å². The average molecular weight is 425 g/mol. The standard InChI is InChI=1S/C20H25ClN2O4S/c1-14(2)15(3)22-20(24)13-23(18-12-16(21)10-11-19(18)27-4)28(25,26)17-8-6-5-7-9-17/h5-12,14-15H,13H2,1-4H3,(H,22,24)/t15-/m0/s1. The molecule has 2 aromatic carbocycles. The van der Waals surface area contributed by atoms with Gasteiger partial charge in [0.1, 0.15) is 12.3 Å². The number of nitrogens with zero attached hydrogens (tertiary/aromatic N) is 1. The summed E-state index contributed by atoms with van der Waals surface area (Å²) in [7, 11) is -2.59.